The number of aryl methyl sites for hydroxylation is 2. The van der Waals surface area contributed by atoms with Crippen LogP contribution in [-0.4, -0.2) is 36.5 Å². The summed E-state index contributed by atoms with van der Waals surface area (Å²) in [6.07, 6.45) is 5.79. The summed E-state index contributed by atoms with van der Waals surface area (Å²) < 4.78 is 12.2. The number of hydrogen-bond acceptors (Lipinski definition) is 6. The molecule has 186 valence electrons. The number of anilines is 1. The quantitative estimate of drug-likeness (QED) is 0.207. The fraction of sp³-hybridized carbons (Fsp3) is 0.500. The summed E-state index contributed by atoms with van der Waals surface area (Å²) in [5.74, 6) is 1.24. The maximum absolute atomic E-state index is 12.1. The number of aliphatic hydroxyl groups excluding tert-OH is 1. The lowest BCUT2D eigenvalue weighted by Gasteiger charge is -2.18. The van der Waals surface area contributed by atoms with Crippen molar-refractivity contribution >= 4 is 17.3 Å². The number of nitrogen functional groups attached to an aromatic ring is 1. The highest BCUT2D eigenvalue weighted by Gasteiger charge is 2.16. The molecule has 0 atom stereocenters. The van der Waals surface area contributed by atoms with Crippen molar-refractivity contribution in [2.75, 3.05) is 25.6 Å². The number of hydrogen-bond donors (Lipinski definition) is 2. The molecule has 3 N–H and O–H groups in total. The van der Waals surface area contributed by atoms with Crippen molar-refractivity contribution in [3.63, 3.8) is 0 Å². The predicted octanol–water partition coefficient (Wildman–Crippen LogP) is 5.35. The van der Waals surface area contributed by atoms with Crippen molar-refractivity contribution in [3.8, 4) is 11.5 Å². The van der Waals surface area contributed by atoms with E-state index >= 15 is 0 Å². The zero-order valence-corrected chi connectivity index (χ0v) is 21.0. The minimum absolute atomic E-state index is 0.0488. The molecule has 0 aliphatic carbocycles. The molecule has 2 aromatic carbocycles. The van der Waals surface area contributed by atoms with Crippen LogP contribution >= 0.6 is 0 Å². The van der Waals surface area contributed by atoms with Crippen LogP contribution in [0.15, 0.2) is 24.3 Å². The number of ketones is 2. The molecule has 0 spiro atoms. The molecule has 0 aliphatic heterocycles. The van der Waals surface area contributed by atoms with Crippen LogP contribution in [0, 0.1) is 0 Å². The van der Waals surface area contributed by atoms with Gasteiger partial charge in [-0.2, -0.15) is 0 Å². The first kappa shape index (κ1) is 27.4. The van der Waals surface area contributed by atoms with Gasteiger partial charge in [-0.05, 0) is 61.6 Å². The van der Waals surface area contributed by atoms with Crippen LogP contribution in [0.1, 0.15) is 90.8 Å². The lowest BCUT2D eigenvalue weighted by Crippen LogP contribution is -2.12. The third-order valence-corrected chi connectivity index (χ3v) is 5.73. The SMILES string of the molecule is CCCc1cc(C(=O)CO)cc(CCC)c1OCCCOc1ccc(C(C)=O)c(N)c1CCC. The lowest BCUT2D eigenvalue weighted by atomic mass is 9.96. The normalized spacial score (nSPS) is 10.9. The van der Waals surface area contributed by atoms with Gasteiger partial charge in [-0.25, -0.2) is 0 Å². The molecule has 2 aromatic rings. The second-order valence-corrected chi connectivity index (χ2v) is 8.57. The Morgan fingerprint density at radius 3 is 2.03 bits per heavy atom. The predicted molar refractivity (Wildman–Crippen MR) is 136 cm³/mol. The molecule has 0 aromatic heterocycles. The summed E-state index contributed by atoms with van der Waals surface area (Å²) in [4.78, 5) is 23.9. The van der Waals surface area contributed by atoms with Gasteiger partial charge in [0.15, 0.2) is 11.6 Å². The minimum Gasteiger partial charge on any atom is -0.493 e. The molecule has 0 radical (unpaired) electrons. The van der Waals surface area contributed by atoms with Crippen LogP contribution in [0.4, 0.5) is 5.69 Å². The van der Waals surface area contributed by atoms with Crippen molar-refractivity contribution in [1.29, 1.82) is 0 Å². The van der Waals surface area contributed by atoms with Gasteiger partial charge >= 0.3 is 0 Å². The summed E-state index contributed by atoms with van der Waals surface area (Å²) >= 11 is 0. The molecule has 34 heavy (non-hydrogen) atoms. The molecule has 0 unspecified atom stereocenters. The van der Waals surface area contributed by atoms with E-state index in [0.717, 1.165) is 66.7 Å². The Balaban J connectivity index is 2.10. The van der Waals surface area contributed by atoms with Crippen molar-refractivity contribution in [2.24, 2.45) is 0 Å². The molecule has 0 fully saturated rings. The number of carbonyl (C=O) groups is 2. The topological polar surface area (TPSA) is 98.9 Å². The highest BCUT2D eigenvalue weighted by Crippen LogP contribution is 2.31. The summed E-state index contributed by atoms with van der Waals surface area (Å²) in [6.45, 7) is 8.22. The molecule has 2 rings (SSSR count). The molecule has 6 nitrogen and oxygen atoms in total. The van der Waals surface area contributed by atoms with Gasteiger partial charge in [-0.3, -0.25) is 9.59 Å². The summed E-state index contributed by atoms with van der Waals surface area (Å²) in [5, 5.41) is 9.29. The lowest BCUT2D eigenvalue weighted by molar-refractivity contribution is 0.0903. The van der Waals surface area contributed by atoms with Gasteiger partial charge in [0.1, 0.15) is 18.1 Å². The van der Waals surface area contributed by atoms with E-state index in [0.29, 0.717) is 36.4 Å². The molecule has 0 heterocycles. The van der Waals surface area contributed by atoms with Gasteiger partial charge in [0.25, 0.3) is 0 Å². The number of aliphatic hydroxyl groups is 1. The molecule has 6 heteroatoms. The van der Waals surface area contributed by atoms with E-state index < -0.39 is 6.61 Å². The fourth-order valence-corrected chi connectivity index (χ4v) is 4.11. The van der Waals surface area contributed by atoms with Crippen LogP contribution in [0.3, 0.4) is 0 Å². The molecule has 0 saturated carbocycles. The first-order valence-electron chi connectivity index (χ1n) is 12.3. The Bertz CT molecular complexity index is 956. The van der Waals surface area contributed by atoms with E-state index in [9.17, 15) is 14.7 Å². The maximum atomic E-state index is 12.1. The van der Waals surface area contributed by atoms with Crippen molar-refractivity contribution in [1.82, 2.24) is 0 Å². The zero-order valence-electron chi connectivity index (χ0n) is 21.0. The number of carbonyl (C=O) groups excluding carboxylic acids is 2. The monoisotopic (exact) mass is 469 g/mol. The summed E-state index contributed by atoms with van der Waals surface area (Å²) in [7, 11) is 0. The third kappa shape index (κ3) is 7.07. The fourth-order valence-electron chi connectivity index (χ4n) is 4.11. The molecular weight excluding hydrogens is 430 g/mol. The van der Waals surface area contributed by atoms with Crippen LogP contribution in [-0.2, 0) is 19.3 Å². The summed E-state index contributed by atoms with van der Waals surface area (Å²) in [5.41, 5.74) is 10.7. The Hall–Kier alpha value is -2.86. The Kier molecular flexibility index (Phi) is 11.1. The summed E-state index contributed by atoms with van der Waals surface area (Å²) in [6, 6.07) is 7.26. The van der Waals surface area contributed by atoms with Crippen molar-refractivity contribution < 1.29 is 24.2 Å². The van der Waals surface area contributed by atoms with Crippen molar-refractivity contribution in [2.45, 2.75) is 72.6 Å². The smallest absolute Gasteiger partial charge is 0.188 e. The third-order valence-electron chi connectivity index (χ3n) is 5.73. The number of rotatable bonds is 15. The number of ether oxygens (including phenoxy) is 2. The van der Waals surface area contributed by atoms with E-state index in [1.54, 1.807) is 6.07 Å². The van der Waals surface area contributed by atoms with E-state index in [-0.39, 0.29) is 11.6 Å². The van der Waals surface area contributed by atoms with E-state index in [1.165, 1.54) is 6.92 Å². The number of Topliss-reactive ketones (excluding diaryl/α,β-unsaturated/α-hetero) is 2. The van der Waals surface area contributed by atoms with Crippen molar-refractivity contribution in [3.05, 3.63) is 52.1 Å². The van der Waals surface area contributed by atoms with Gasteiger partial charge < -0.3 is 20.3 Å². The van der Waals surface area contributed by atoms with Gasteiger partial charge in [-0.1, -0.05) is 40.0 Å². The maximum Gasteiger partial charge on any atom is 0.188 e. The second-order valence-electron chi connectivity index (χ2n) is 8.57. The Morgan fingerprint density at radius 1 is 0.912 bits per heavy atom. The van der Waals surface area contributed by atoms with E-state index in [1.807, 2.05) is 18.2 Å². The van der Waals surface area contributed by atoms with E-state index in [4.69, 9.17) is 15.2 Å². The molecule has 0 aliphatic rings. The number of nitrogens with two attached hydrogens (primary N) is 1. The molecule has 0 amide bonds. The first-order chi connectivity index (χ1) is 16.4. The van der Waals surface area contributed by atoms with Gasteiger partial charge in [-0.15, -0.1) is 0 Å². The van der Waals surface area contributed by atoms with Gasteiger partial charge in [0, 0.05) is 28.8 Å². The highest BCUT2D eigenvalue weighted by molar-refractivity contribution is 6.00. The number of benzene rings is 2. The molecular formula is C28H39NO5. The van der Waals surface area contributed by atoms with Crippen LogP contribution < -0.4 is 15.2 Å². The van der Waals surface area contributed by atoms with Crippen LogP contribution in [0.25, 0.3) is 0 Å². The van der Waals surface area contributed by atoms with Crippen LogP contribution in [0.2, 0.25) is 0 Å². The Labute approximate surface area is 203 Å². The van der Waals surface area contributed by atoms with Gasteiger partial charge in [0.2, 0.25) is 0 Å². The standard InChI is InChI=1S/C28H39NO5/c1-5-9-20-16-22(25(32)18-30)17-21(10-6-2)28(20)34-15-8-14-33-26-13-12-23(19(4)31)27(29)24(26)11-7-3/h12-13,16-17,30H,5-11,14-15,18,29H2,1-4H3. The molecule has 0 bridgehead atoms. The van der Waals surface area contributed by atoms with E-state index in [2.05, 4.69) is 20.8 Å². The first-order valence-corrected chi connectivity index (χ1v) is 12.3. The van der Waals surface area contributed by atoms with Crippen LogP contribution in [0.5, 0.6) is 11.5 Å². The second kappa shape index (κ2) is 13.8. The average molecular weight is 470 g/mol. The molecule has 0 saturated heterocycles. The largest absolute Gasteiger partial charge is 0.493 e. The zero-order chi connectivity index (χ0) is 25.1. The Morgan fingerprint density at radius 2 is 1.50 bits per heavy atom. The van der Waals surface area contributed by atoms with Gasteiger partial charge in [0.05, 0.1) is 13.2 Å². The average Bonchev–Trinajstić information content (AvgIpc) is 2.81. The minimum atomic E-state index is -0.493. The highest BCUT2D eigenvalue weighted by atomic mass is 16.5.